The van der Waals surface area contributed by atoms with Crippen molar-refractivity contribution in [2.45, 2.75) is 38.8 Å². The molecule has 1 saturated heterocycles. The molecule has 0 N–H and O–H groups in total. The van der Waals surface area contributed by atoms with E-state index >= 15 is 0 Å². The average Bonchev–Trinajstić information content (AvgIpc) is 2.85. The smallest absolute Gasteiger partial charge is 0.245 e. The standard InChI is InChI=1S/C12H20N2O3S/c1-4-18-12(17)10-6-5-7-14(10)11(16)9(2)13(3)8-15/h8-10H,4-7H2,1-3H3. The summed E-state index contributed by atoms with van der Waals surface area (Å²) in [7, 11) is 1.57. The molecule has 1 heterocycles. The topological polar surface area (TPSA) is 57.7 Å². The largest absolute Gasteiger partial charge is 0.337 e. The van der Waals surface area contributed by atoms with E-state index in [4.69, 9.17) is 0 Å². The molecule has 0 radical (unpaired) electrons. The lowest BCUT2D eigenvalue weighted by Crippen LogP contribution is -2.48. The number of likely N-dealkylation sites (tertiary alicyclic amines) is 1. The van der Waals surface area contributed by atoms with Gasteiger partial charge in [0.05, 0.1) is 0 Å². The molecule has 1 aliphatic rings. The van der Waals surface area contributed by atoms with Gasteiger partial charge in [0.1, 0.15) is 12.1 Å². The molecule has 0 spiro atoms. The molecule has 2 amide bonds. The first-order valence-electron chi connectivity index (χ1n) is 6.17. The van der Waals surface area contributed by atoms with Crippen molar-refractivity contribution < 1.29 is 14.4 Å². The lowest BCUT2D eigenvalue weighted by molar-refractivity contribution is -0.141. The van der Waals surface area contributed by atoms with Crippen LogP contribution >= 0.6 is 11.8 Å². The number of amides is 2. The molecule has 0 saturated carbocycles. The van der Waals surface area contributed by atoms with Gasteiger partial charge in [-0.25, -0.2) is 0 Å². The van der Waals surface area contributed by atoms with Crippen molar-refractivity contribution in [3.8, 4) is 0 Å². The van der Waals surface area contributed by atoms with Crippen LogP contribution in [0.15, 0.2) is 0 Å². The number of carbonyl (C=O) groups excluding carboxylic acids is 3. The number of likely N-dealkylation sites (N-methyl/N-ethyl adjacent to an activating group) is 1. The first-order chi connectivity index (χ1) is 8.52. The van der Waals surface area contributed by atoms with Gasteiger partial charge in [-0.05, 0) is 25.5 Å². The second kappa shape index (κ2) is 6.78. The van der Waals surface area contributed by atoms with Gasteiger partial charge in [-0.3, -0.25) is 14.4 Å². The van der Waals surface area contributed by atoms with Gasteiger partial charge in [-0.15, -0.1) is 0 Å². The minimum Gasteiger partial charge on any atom is -0.337 e. The van der Waals surface area contributed by atoms with E-state index in [1.54, 1.807) is 18.9 Å². The molecule has 2 atom stereocenters. The number of nitrogens with zero attached hydrogens (tertiary/aromatic N) is 2. The molecule has 0 bridgehead atoms. The van der Waals surface area contributed by atoms with E-state index in [-0.39, 0.29) is 17.1 Å². The normalized spacial score (nSPS) is 20.6. The molecule has 102 valence electrons. The number of hydrogen-bond donors (Lipinski definition) is 0. The summed E-state index contributed by atoms with van der Waals surface area (Å²) in [5.74, 6) is 0.582. The van der Waals surface area contributed by atoms with Crippen molar-refractivity contribution in [2.24, 2.45) is 0 Å². The quantitative estimate of drug-likeness (QED) is 0.692. The van der Waals surface area contributed by atoms with Gasteiger partial charge in [0.15, 0.2) is 0 Å². The Morgan fingerprint density at radius 3 is 2.78 bits per heavy atom. The van der Waals surface area contributed by atoms with Gasteiger partial charge in [0.25, 0.3) is 0 Å². The van der Waals surface area contributed by atoms with Crippen molar-refractivity contribution in [1.29, 1.82) is 0 Å². The van der Waals surface area contributed by atoms with Crippen LogP contribution in [0, 0.1) is 0 Å². The Kier molecular flexibility index (Phi) is 5.65. The molecular weight excluding hydrogens is 252 g/mol. The maximum absolute atomic E-state index is 12.2. The lowest BCUT2D eigenvalue weighted by Gasteiger charge is -2.29. The Bertz CT molecular complexity index is 335. The SMILES string of the molecule is CCSC(=O)C1CCCN1C(=O)C(C)N(C)C=O. The molecule has 0 aromatic carbocycles. The van der Waals surface area contributed by atoms with Crippen molar-refractivity contribution in [2.75, 3.05) is 19.3 Å². The molecule has 6 heteroatoms. The molecule has 1 rings (SSSR count). The highest BCUT2D eigenvalue weighted by Gasteiger charge is 2.36. The first-order valence-corrected chi connectivity index (χ1v) is 7.15. The van der Waals surface area contributed by atoms with Gasteiger partial charge in [-0.1, -0.05) is 18.7 Å². The molecule has 0 aliphatic carbocycles. The van der Waals surface area contributed by atoms with Crippen LogP contribution in [0.25, 0.3) is 0 Å². The van der Waals surface area contributed by atoms with Gasteiger partial charge < -0.3 is 9.80 Å². The summed E-state index contributed by atoms with van der Waals surface area (Å²) < 4.78 is 0. The molecule has 0 aromatic heterocycles. The fourth-order valence-corrected chi connectivity index (χ4v) is 2.74. The zero-order valence-electron chi connectivity index (χ0n) is 11.1. The van der Waals surface area contributed by atoms with Crippen LogP contribution in [-0.4, -0.2) is 58.7 Å². The van der Waals surface area contributed by atoms with Gasteiger partial charge in [-0.2, -0.15) is 0 Å². The summed E-state index contributed by atoms with van der Waals surface area (Å²) in [5.41, 5.74) is 0. The van der Waals surface area contributed by atoms with Crippen molar-refractivity contribution in [3.05, 3.63) is 0 Å². The Morgan fingerprint density at radius 2 is 2.22 bits per heavy atom. The summed E-state index contributed by atoms with van der Waals surface area (Å²) >= 11 is 1.26. The fourth-order valence-electron chi connectivity index (χ4n) is 2.02. The highest BCUT2D eigenvalue weighted by Crippen LogP contribution is 2.23. The van der Waals surface area contributed by atoms with Crippen LogP contribution in [0.1, 0.15) is 26.7 Å². The lowest BCUT2D eigenvalue weighted by atomic mass is 10.2. The van der Waals surface area contributed by atoms with Gasteiger partial charge in [0, 0.05) is 13.6 Å². The van der Waals surface area contributed by atoms with Crippen LogP contribution in [0.3, 0.4) is 0 Å². The van der Waals surface area contributed by atoms with E-state index < -0.39 is 6.04 Å². The molecule has 2 unspecified atom stereocenters. The van der Waals surface area contributed by atoms with E-state index in [1.807, 2.05) is 6.92 Å². The zero-order valence-corrected chi connectivity index (χ0v) is 11.9. The summed E-state index contributed by atoms with van der Waals surface area (Å²) in [5, 5.41) is 0.0595. The highest BCUT2D eigenvalue weighted by atomic mass is 32.2. The molecule has 1 aliphatic heterocycles. The number of thioether (sulfide) groups is 1. The third-order valence-electron chi connectivity index (χ3n) is 3.23. The van der Waals surface area contributed by atoms with Gasteiger partial charge in [0.2, 0.25) is 17.4 Å². The Balaban J connectivity index is 2.72. The van der Waals surface area contributed by atoms with Crippen LogP contribution in [-0.2, 0) is 14.4 Å². The Labute approximate surface area is 112 Å². The van der Waals surface area contributed by atoms with Crippen molar-refractivity contribution >= 4 is 29.2 Å². The predicted molar refractivity (Wildman–Crippen MR) is 71.2 cm³/mol. The third-order valence-corrected chi connectivity index (χ3v) is 4.07. The maximum Gasteiger partial charge on any atom is 0.245 e. The average molecular weight is 272 g/mol. The summed E-state index contributed by atoms with van der Waals surface area (Å²) in [6.45, 7) is 4.21. The zero-order chi connectivity index (χ0) is 13.7. The Morgan fingerprint density at radius 1 is 1.56 bits per heavy atom. The van der Waals surface area contributed by atoms with Crippen molar-refractivity contribution in [3.63, 3.8) is 0 Å². The molecular formula is C12H20N2O3S. The Hall–Kier alpha value is -1.04. The van der Waals surface area contributed by atoms with E-state index in [0.717, 1.165) is 18.6 Å². The summed E-state index contributed by atoms with van der Waals surface area (Å²) in [6, 6.07) is -0.826. The highest BCUT2D eigenvalue weighted by molar-refractivity contribution is 8.13. The second-order valence-electron chi connectivity index (χ2n) is 4.39. The molecule has 0 aromatic rings. The molecule has 5 nitrogen and oxygen atoms in total. The van der Waals surface area contributed by atoms with Crippen LogP contribution in [0.4, 0.5) is 0 Å². The van der Waals surface area contributed by atoms with Crippen LogP contribution in [0.2, 0.25) is 0 Å². The number of rotatable bonds is 5. The molecule has 18 heavy (non-hydrogen) atoms. The number of carbonyl (C=O) groups is 3. The second-order valence-corrected chi connectivity index (χ2v) is 5.66. The van der Waals surface area contributed by atoms with Crippen LogP contribution in [0.5, 0.6) is 0 Å². The summed E-state index contributed by atoms with van der Waals surface area (Å²) in [6.07, 6.45) is 2.22. The minimum atomic E-state index is -0.512. The fraction of sp³-hybridized carbons (Fsp3) is 0.750. The monoisotopic (exact) mass is 272 g/mol. The summed E-state index contributed by atoms with van der Waals surface area (Å²) in [4.78, 5) is 37.8. The van der Waals surface area contributed by atoms with E-state index in [9.17, 15) is 14.4 Å². The predicted octanol–water partition coefficient (Wildman–Crippen LogP) is 0.734. The van der Waals surface area contributed by atoms with Crippen molar-refractivity contribution in [1.82, 2.24) is 9.80 Å². The van der Waals surface area contributed by atoms with E-state index in [2.05, 4.69) is 0 Å². The van der Waals surface area contributed by atoms with E-state index in [0.29, 0.717) is 13.0 Å². The maximum atomic E-state index is 12.2. The number of hydrogen-bond acceptors (Lipinski definition) is 4. The minimum absolute atomic E-state index is 0.0595. The van der Waals surface area contributed by atoms with Crippen LogP contribution < -0.4 is 0 Å². The first kappa shape index (κ1) is 15.0. The van der Waals surface area contributed by atoms with E-state index in [1.165, 1.54) is 16.7 Å². The third kappa shape index (κ3) is 3.25. The molecule has 1 fully saturated rings. The van der Waals surface area contributed by atoms with Gasteiger partial charge >= 0.3 is 0 Å².